The van der Waals surface area contributed by atoms with Gasteiger partial charge in [0.2, 0.25) is 0 Å². The summed E-state index contributed by atoms with van der Waals surface area (Å²) in [4.78, 5) is 19.9. The van der Waals surface area contributed by atoms with Crippen LogP contribution < -0.4 is 0 Å². The highest BCUT2D eigenvalue weighted by atomic mass is 16.3. The number of likely N-dealkylation sites (tertiary alicyclic amines) is 1. The van der Waals surface area contributed by atoms with Gasteiger partial charge in [-0.3, -0.25) is 9.78 Å². The maximum Gasteiger partial charge on any atom is 0.257 e. The zero-order valence-electron chi connectivity index (χ0n) is 10.8. The molecule has 1 saturated heterocycles. The summed E-state index contributed by atoms with van der Waals surface area (Å²) in [6.45, 7) is 2.85. The monoisotopic (exact) mass is 249 g/mol. The highest BCUT2D eigenvalue weighted by Crippen LogP contribution is 2.19. The van der Waals surface area contributed by atoms with Crippen LogP contribution in [0.5, 0.6) is 5.75 Å². The Morgan fingerprint density at radius 2 is 2.44 bits per heavy atom. The number of nitrogens with zero attached hydrogens (tertiary/aromatic N) is 3. The van der Waals surface area contributed by atoms with Gasteiger partial charge in [0.1, 0.15) is 5.75 Å². The lowest BCUT2D eigenvalue weighted by atomic mass is 10.1. The first-order valence-electron chi connectivity index (χ1n) is 6.15. The van der Waals surface area contributed by atoms with E-state index in [1.807, 2.05) is 0 Å². The molecule has 1 aliphatic heterocycles. The standard InChI is InChI=1S/C13H19N3O2/c1-15-6-4-10(8-15)9-16(2)13(18)11-3-5-14-7-12(11)17/h3,5,7,10,17H,4,6,8-9H2,1-2H3. The molecule has 1 fully saturated rings. The quantitative estimate of drug-likeness (QED) is 0.861. The van der Waals surface area contributed by atoms with Crippen LogP contribution in [0.2, 0.25) is 0 Å². The van der Waals surface area contributed by atoms with Gasteiger partial charge in [-0.1, -0.05) is 0 Å². The Morgan fingerprint density at radius 3 is 3.06 bits per heavy atom. The van der Waals surface area contributed by atoms with Crippen molar-refractivity contribution in [3.05, 3.63) is 24.0 Å². The van der Waals surface area contributed by atoms with E-state index in [-0.39, 0.29) is 11.7 Å². The Hall–Kier alpha value is -1.62. The van der Waals surface area contributed by atoms with Crippen molar-refractivity contribution in [1.29, 1.82) is 0 Å². The van der Waals surface area contributed by atoms with Crippen LogP contribution in [0, 0.1) is 5.92 Å². The molecule has 0 spiro atoms. The predicted molar refractivity (Wildman–Crippen MR) is 68.5 cm³/mol. The van der Waals surface area contributed by atoms with E-state index in [0.717, 1.165) is 26.1 Å². The number of hydrogen-bond donors (Lipinski definition) is 1. The van der Waals surface area contributed by atoms with Crippen molar-refractivity contribution in [3.8, 4) is 5.75 Å². The normalized spacial score (nSPS) is 20.0. The lowest BCUT2D eigenvalue weighted by molar-refractivity contribution is 0.0771. The fourth-order valence-electron chi connectivity index (χ4n) is 2.42. The van der Waals surface area contributed by atoms with E-state index in [1.165, 1.54) is 12.4 Å². The Morgan fingerprint density at radius 1 is 1.67 bits per heavy atom. The zero-order valence-corrected chi connectivity index (χ0v) is 10.8. The molecule has 0 saturated carbocycles. The third-order valence-electron chi connectivity index (χ3n) is 3.40. The first-order chi connectivity index (χ1) is 8.58. The van der Waals surface area contributed by atoms with E-state index in [9.17, 15) is 9.90 Å². The second-order valence-electron chi connectivity index (χ2n) is 5.00. The summed E-state index contributed by atoms with van der Waals surface area (Å²) >= 11 is 0. The first kappa shape index (κ1) is 12.8. The Balaban J connectivity index is 1.99. The Kier molecular flexibility index (Phi) is 3.81. The number of hydrogen-bond acceptors (Lipinski definition) is 4. The molecular weight excluding hydrogens is 230 g/mol. The molecule has 1 aromatic heterocycles. The molecule has 98 valence electrons. The topological polar surface area (TPSA) is 56.7 Å². The highest BCUT2D eigenvalue weighted by molar-refractivity contribution is 5.96. The first-order valence-corrected chi connectivity index (χ1v) is 6.15. The molecule has 5 nitrogen and oxygen atoms in total. The highest BCUT2D eigenvalue weighted by Gasteiger charge is 2.23. The number of amides is 1. The van der Waals surface area contributed by atoms with Gasteiger partial charge in [0.05, 0.1) is 11.8 Å². The van der Waals surface area contributed by atoms with Gasteiger partial charge < -0.3 is 14.9 Å². The molecule has 1 aromatic rings. The van der Waals surface area contributed by atoms with Crippen molar-refractivity contribution < 1.29 is 9.90 Å². The minimum Gasteiger partial charge on any atom is -0.505 e. The summed E-state index contributed by atoms with van der Waals surface area (Å²) in [5.74, 6) is 0.315. The predicted octanol–water partition coefficient (Wildman–Crippen LogP) is 0.811. The zero-order chi connectivity index (χ0) is 13.1. The number of carbonyl (C=O) groups excluding carboxylic acids is 1. The summed E-state index contributed by atoms with van der Waals surface area (Å²) in [5.41, 5.74) is 0.318. The molecule has 0 aromatic carbocycles. The molecular formula is C13H19N3O2. The molecule has 1 unspecified atom stereocenters. The molecule has 1 atom stereocenters. The van der Waals surface area contributed by atoms with Crippen molar-refractivity contribution in [2.45, 2.75) is 6.42 Å². The van der Waals surface area contributed by atoms with Gasteiger partial charge in [0, 0.05) is 26.3 Å². The number of carbonyl (C=O) groups is 1. The van der Waals surface area contributed by atoms with Crippen LogP contribution in [0.15, 0.2) is 18.5 Å². The van der Waals surface area contributed by atoms with E-state index in [4.69, 9.17) is 0 Å². The van der Waals surface area contributed by atoms with E-state index in [0.29, 0.717) is 11.5 Å². The lowest BCUT2D eigenvalue weighted by Crippen LogP contribution is -2.32. The van der Waals surface area contributed by atoms with E-state index in [2.05, 4.69) is 16.9 Å². The van der Waals surface area contributed by atoms with Crippen LogP contribution in [-0.4, -0.2) is 59.5 Å². The van der Waals surface area contributed by atoms with Crippen LogP contribution in [-0.2, 0) is 0 Å². The third-order valence-corrected chi connectivity index (χ3v) is 3.40. The van der Waals surface area contributed by atoms with Crippen molar-refractivity contribution in [3.63, 3.8) is 0 Å². The van der Waals surface area contributed by atoms with Gasteiger partial charge in [-0.05, 0) is 32.0 Å². The lowest BCUT2D eigenvalue weighted by Gasteiger charge is -2.21. The van der Waals surface area contributed by atoms with E-state index in [1.54, 1.807) is 18.0 Å². The minimum absolute atomic E-state index is 0.0575. The molecule has 2 rings (SSSR count). The average molecular weight is 249 g/mol. The molecule has 1 amide bonds. The Labute approximate surface area is 107 Å². The van der Waals surface area contributed by atoms with Crippen LogP contribution in [0.25, 0.3) is 0 Å². The van der Waals surface area contributed by atoms with Crippen LogP contribution >= 0.6 is 0 Å². The maximum atomic E-state index is 12.2. The van der Waals surface area contributed by atoms with Crippen molar-refractivity contribution >= 4 is 5.91 Å². The Bertz CT molecular complexity index is 436. The van der Waals surface area contributed by atoms with E-state index >= 15 is 0 Å². The molecule has 0 bridgehead atoms. The minimum atomic E-state index is -0.149. The molecule has 18 heavy (non-hydrogen) atoms. The average Bonchev–Trinajstić information content (AvgIpc) is 2.74. The van der Waals surface area contributed by atoms with Crippen LogP contribution in [0.4, 0.5) is 0 Å². The van der Waals surface area contributed by atoms with Crippen molar-refractivity contribution in [2.75, 3.05) is 33.7 Å². The second-order valence-corrected chi connectivity index (χ2v) is 5.00. The summed E-state index contributed by atoms with van der Waals surface area (Å²) < 4.78 is 0. The summed E-state index contributed by atoms with van der Waals surface area (Å²) in [7, 11) is 3.87. The van der Waals surface area contributed by atoms with E-state index < -0.39 is 0 Å². The fourth-order valence-corrected chi connectivity index (χ4v) is 2.42. The molecule has 1 N–H and O–H groups in total. The van der Waals surface area contributed by atoms with Crippen LogP contribution in [0.1, 0.15) is 16.8 Å². The van der Waals surface area contributed by atoms with Crippen LogP contribution in [0.3, 0.4) is 0 Å². The fraction of sp³-hybridized carbons (Fsp3) is 0.538. The second kappa shape index (κ2) is 5.35. The SMILES string of the molecule is CN1CCC(CN(C)C(=O)c2ccncc2O)C1. The third kappa shape index (κ3) is 2.79. The number of rotatable bonds is 3. The molecule has 5 heteroatoms. The summed E-state index contributed by atoms with van der Waals surface area (Å²) in [5, 5.41) is 9.61. The number of pyridine rings is 1. The summed E-state index contributed by atoms with van der Waals surface area (Å²) in [6, 6.07) is 1.55. The molecule has 1 aliphatic rings. The summed E-state index contributed by atoms with van der Waals surface area (Å²) in [6.07, 6.45) is 3.94. The van der Waals surface area contributed by atoms with Gasteiger partial charge in [-0.15, -0.1) is 0 Å². The van der Waals surface area contributed by atoms with Crippen molar-refractivity contribution in [2.24, 2.45) is 5.92 Å². The number of aromatic nitrogens is 1. The molecule has 2 heterocycles. The maximum absolute atomic E-state index is 12.2. The largest absolute Gasteiger partial charge is 0.505 e. The number of aromatic hydroxyl groups is 1. The van der Waals surface area contributed by atoms with Crippen molar-refractivity contribution in [1.82, 2.24) is 14.8 Å². The van der Waals surface area contributed by atoms with Gasteiger partial charge in [0.25, 0.3) is 5.91 Å². The molecule has 0 radical (unpaired) electrons. The van der Waals surface area contributed by atoms with Gasteiger partial charge in [-0.2, -0.15) is 0 Å². The smallest absolute Gasteiger partial charge is 0.257 e. The molecule has 0 aliphatic carbocycles. The van der Waals surface area contributed by atoms with Gasteiger partial charge >= 0.3 is 0 Å². The van der Waals surface area contributed by atoms with Gasteiger partial charge in [0.15, 0.2) is 0 Å². The van der Waals surface area contributed by atoms with Gasteiger partial charge in [-0.25, -0.2) is 0 Å².